The van der Waals surface area contributed by atoms with Crippen molar-refractivity contribution in [2.24, 2.45) is 0 Å². The second-order valence-electron chi connectivity index (χ2n) is 5.91. The fraction of sp³-hybridized carbons (Fsp3) is 0.400. The molecule has 2 N–H and O–H groups in total. The molecule has 0 aliphatic carbocycles. The zero-order valence-corrected chi connectivity index (χ0v) is 13.8. The number of aromatic nitrogens is 2. The molecule has 1 aromatic heterocycles. The molecule has 2 aromatic rings. The van der Waals surface area contributed by atoms with Gasteiger partial charge in [-0.3, -0.25) is 4.68 Å². The Labute approximate surface area is 150 Å². The molecule has 3 nitrogen and oxygen atoms in total. The third-order valence-corrected chi connectivity index (χ3v) is 3.80. The average Bonchev–Trinajstić information content (AvgIpc) is 2.94. The number of hydrogen-bond donors (Lipinski definition) is 1. The first-order chi connectivity index (χ1) is 12.5. The number of benzene rings is 1. The molecule has 13 heteroatoms. The van der Waals surface area contributed by atoms with Crippen LogP contribution >= 0.6 is 0 Å². The monoisotopic (exact) mass is 423 g/mol. The number of alkyl halides is 10. The van der Waals surface area contributed by atoms with Gasteiger partial charge in [-0.25, -0.2) is 0 Å². The average molecular weight is 423 g/mol. The lowest BCUT2D eigenvalue weighted by Crippen LogP contribution is -2.36. The van der Waals surface area contributed by atoms with E-state index in [0.29, 0.717) is 5.56 Å². The summed E-state index contributed by atoms with van der Waals surface area (Å²) in [5, 5.41) is 2.71. The van der Waals surface area contributed by atoms with Crippen LogP contribution in [0.15, 0.2) is 24.3 Å². The molecule has 0 radical (unpaired) electrons. The molecule has 0 unspecified atom stereocenters. The van der Waals surface area contributed by atoms with Crippen LogP contribution in [-0.2, 0) is 18.4 Å². The third kappa shape index (κ3) is 3.74. The van der Waals surface area contributed by atoms with Crippen LogP contribution in [0, 0.1) is 6.92 Å². The maximum Gasteiger partial charge on any atom is 0.459 e. The standard InChI is InChI=1S/C15H11F10N3/c1-7-4-8(2-3-9(7)26)6-28-11(13(18,19)15(23,24)25)5-10(27-28)12(16,17)14(20,21)22/h2-5H,6,26H2,1H3. The molecule has 0 aliphatic rings. The maximum absolute atomic E-state index is 13.7. The van der Waals surface area contributed by atoms with Gasteiger partial charge in [-0.1, -0.05) is 12.1 Å². The van der Waals surface area contributed by atoms with Crippen LogP contribution in [0.2, 0.25) is 0 Å². The van der Waals surface area contributed by atoms with Gasteiger partial charge in [0.2, 0.25) is 0 Å². The molecule has 0 atom stereocenters. The molecule has 28 heavy (non-hydrogen) atoms. The lowest BCUT2D eigenvalue weighted by molar-refractivity contribution is -0.292. The van der Waals surface area contributed by atoms with Gasteiger partial charge >= 0.3 is 24.2 Å². The number of halogens is 10. The maximum atomic E-state index is 13.7. The Morgan fingerprint density at radius 3 is 1.86 bits per heavy atom. The van der Waals surface area contributed by atoms with E-state index < -0.39 is 48.2 Å². The van der Waals surface area contributed by atoms with E-state index in [1.54, 1.807) is 0 Å². The van der Waals surface area contributed by atoms with Crippen molar-refractivity contribution in [2.45, 2.75) is 37.7 Å². The van der Waals surface area contributed by atoms with Crippen molar-refractivity contribution in [3.63, 3.8) is 0 Å². The lowest BCUT2D eigenvalue weighted by Gasteiger charge is -2.20. The van der Waals surface area contributed by atoms with Gasteiger partial charge in [-0.15, -0.1) is 0 Å². The highest BCUT2D eigenvalue weighted by Crippen LogP contribution is 2.48. The van der Waals surface area contributed by atoms with Crippen LogP contribution in [0.1, 0.15) is 22.5 Å². The van der Waals surface area contributed by atoms with Gasteiger partial charge in [-0.2, -0.15) is 49.0 Å². The van der Waals surface area contributed by atoms with E-state index >= 15 is 0 Å². The minimum absolute atomic E-state index is 0.0101. The van der Waals surface area contributed by atoms with Crippen LogP contribution < -0.4 is 5.73 Å². The predicted molar refractivity (Wildman–Crippen MR) is 76.8 cm³/mol. The first-order valence-electron chi connectivity index (χ1n) is 7.31. The van der Waals surface area contributed by atoms with Crippen LogP contribution in [0.5, 0.6) is 0 Å². The Bertz CT molecular complexity index is 864. The lowest BCUT2D eigenvalue weighted by atomic mass is 10.1. The SMILES string of the molecule is Cc1cc(Cn2nc(C(F)(F)C(F)(F)F)cc2C(F)(F)C(F)(F)F)ccc1N. The fourth-order valence-electron chi connectivity index (χ4n) is 2.24. The molecule has 156 valence electrons. The van der Waals surface area contributed by atoms with Crippen molar-refractivity contribution in [3.8, 4) is 0 Å². The van der Waals surface area contributed by atoms with E-state index in [0.717, 1.165) is 0 Å². The number of anilines is 1. The summed E-state index contributed by atoms with van der Waals surface area (Å²) in [5.74, 6) is -11.4. The molecule has 0 fully saturated rings. The Morgan fingerprint density at radius 2 is 1.39 bits per heavy atom. The quantitative estimate of drug-likeness (QED) is 0.548. The van der Waals surface area contributed by atoms with Crippen molar-refractivity contribution in [3.05, 3.63) is 46.8 Å². The molecular weight excluding hydrogens is 412 g/mol. The normalized spacial score (nSPS) is 13.8. The third-order valence-electron chi connectivity index (χ3n) is 3.80. The smallest absolute Gasteiger partial charge is 0.399 e. The van der Waals surface area contributed by atoms with Crippen LogP contribution in [-0.4, -0.2) is 22.1 Å². The summed E-state index contributed by atoms with van der Waals surface area (Å²) in [5.41, 5.74) is 1.75. The van der Waals surface area contributed by atoms with E-state index in [4.69, 9.17) is 5.73 Å². The molecular formula is C15H11F10N3. The van der Waals surface area contributed by atoms with E-state index in [1.807, 2.05) is 0 Å². The second-order valence-corrected chi connectivity index (χ2v) is 5.91. The molecule has 2 rings (SSSR count). The number of rotatable bonds is 4. The van der Waals surface area contributed by atoms with Crippen molar-refractivity contribution < 1.29 is 43.9 Å². The minimum Gasteiger partial charge on any atom is -0.399 e. The largest absolute Gasteiger partial charge is 0.459 e. The van der Waals surface area contributed by atoms with Crippen LogP contribution in [0.25, 0.3) is 0 Å². The molecule has 0 amide bonds. The second kappa shape index (κ2) is 6.55. The topological polar surface area (TPSA) is 43.8 Å². The van der Waals surface area contributed by atoms with E-state index in [9.17, 15) is 43.9 Å². The van der Waals surface area contributed by atoms with Gasteiger partial charge in [0.05, 0.1) is 6.54 Å². The van der Waals surface area contributed by atoms with Gasteiger partial charge in [0.25, 0.3) is 0 Å². The van der Waals surface area contributed by atoms with Crippen molar-refractivity contribution in [1.29, 1.82) is 0 Å². The van der Waals surface area contributed by atoms with Crippen LogP contribution in [0.3, 0.4) is 0 Å². The molecule has 0 spiro atoms. The molecule has 0 bridgehead atoms. The van der Waals surface area contributed by atoms with E-state index in [2.05, 4.69) is 5.10 Å². The van der Waals surface area contributed by atoms with Gasteiger partial charge in [0, 0.05) is 5.69 Å². The summed E-state index contributed by atoms with van der Waals surface area (Å²) in [4.78, 5) is 0. The van der Waals surface area contributed by atoms with Crippen molar-refractivity contribution >= 4 is 5.69 Å². The highest BCUT2D eigenvalue weighted by molar-refractivity contribution is 5.47. The summed E-state index contributed by atoms with van der Waals surface area (Å²) in [6.45, 7) is 0.548. The summed E-state index contributed by atoms with van der Waals surface area (Å²) in [6.07, 6.45) is -12.5. The number of aryl methyl sites for hydroxylation is 1. The number of nitrogens with zero attached hydrogens (tertiary/aromatic N) is 2. The van der Waals surface area contributed by atoms with E-state index in [1.165, 1.54) is 25.1 Å². The van der Waals surface area contributed by atoms with Crippen molar-refractivity contribution in [1.82, 2.24) is 9.78 Å². The molecule has 0 aliphatic heterocycles. The van der Waals surface area contributed by atoms with Gasteiger partial charge < -0.3 is 5.73 Å². The summed E-state index contributed by atoms with van der Waals surface area (Å²) >= 11 is 0. The Morgan fingerprint density at radius 1 is 0.857 bits per heavy atom. The minimum atomic E-state index is -6.24. The number of nitrogen functional groups attached to an aromatic ring is 1. The van der Waals surface area contributed by atoms with Crippen molar-refractivity contribution in [2.75, 3.05) is 5.73 Å². The van der Waals surface area contributed by atoms with Gasteiger partial charge in [0.15, 0.2) is 0 Å². The molecule has 0 saturated heterocycles. The fourth-order valence-corrected chi connectivity index (χ4v) is 2.24. The van der Waals surface area contributed by atoms with E-state index in [-0.39, 0.29) is 15.9 Å². The Balaban J connectivity index is 2.63. The summed E-state index contributed by atoms with van der Waals surface area (Å²) < 4.78 is 130. The predicted octanol–water partition coefficient (Wildman–Crippen LogP) is 5.13. The Kier molecular flexibility index (Phi) is 5.11. The highest BCUT2D eigenvalue weighted by Gasteiger charge is 2.64. The van der Waals surface area contributed by atoms with Crippen LogP contribution in [0.4, 0.5) is 49.6 Å². The Hall–Kier alpha value is -2.47. The summed E-state index contributed by atoms with van der Waals surface area (Å²) in [6, 6.07) is 3.10. The zero-order chi connectivity index (χ0) is 21.7. The first-order valence-corrected chi connectivity index (χ1v) is 7.31. The summed E-state index contributed by atoms with van der Waals surface area (Å²) in [7, 11) is 0. The van der Waals surface area contributed by atoms with Gasteiger partial charge in [0.1, 0.15) is 11.4 Å². The van der Waals surface area contributed by atoms with Gasteiger partial charge in [-0.05, 0) is 30.2 Å². The first kappa shape index (κ1) is 21.8. The number of nitrogens with two attached hydrogens (primary N) is 1. The molecule has 1 aromatic carbocycles. The zero-order valence-electron chi connectivity index (χ0n) is 13.8. The molecule has 0 saturated carbocycles. The molecule has 1 heterocycles. The highest BCUT2D eigenvalue weighted by atomic mass is 19.4. The number of hydrogen-bond acceptors (Lipinski definition) is 2.